The van der Waals surface area contributed by atoms with Gasteiger partial charge in [-0.25, -0.2) is 8.42 Å². The van der Waals surface area contributed by atoms with E-state index >= 15 is 0 Å². The summed E-state index contributed by atoms with van der Waals surface area (Å²) in [7, 11) is -3.37. The van der Waals surface area contributed by atoms with E-state index in [1.165, 1.54) is 3.33 Å². The molecule has 0 aromatic heterocycles. The average Bonchev–Trinajstić information content (AvgIpc) is 2.15. The fourth-order valence-corrected chi connectivity index (χ4v) is 3.79. The highest BCUT2D eigenvalue weighted by Crippen LogP contribution is 2.32. The molecular formula is C11H14BrNO2S. The number of sulfonamides is 1. The van der Waals surface area contributed by atoms with Gasteiger partial charge in [0.15, 0.2) is 0 Å². The molecule has 16 heavy (non-hydrogen) atoms. The zero-order valence-electron chi connectivity index (χ0n) is 9.06. The molecule has 1 aliphatic carbocycles. The van der Waals surface area contributed by atoms with E-state index in [0.717, 1.165) is 24.8 Å². The van der Waals surface area contributed by atoms with Crippen molar-refractivity contribution in [3.8, 4) is 0 Å². The molecule has 5 heteroatoms. The van der Waals surface area contributed by atoms with Crippen LogP contribution in [0.2, 0.25) is 0 Å². The second-order valence-corrected chi connectivity index (χ2v) is 7.19. The molecule has 0 atom stereocenters. The van der Waals surface area contributed by atoms with Crippen molar-refractivity contribution in [2.75, 3.05) is 0 Å². The van der Waals surface area contributed by atoms with Gasteiger partial charge in [-0.3, -0.25) is 0 Å². The molecule has 0 aliphatic heterocycles. The van der Waals surface area contributed by atoms with E-state index in [1.807, 2.05) is 19.1 Å². The van der Waals surface area contributed by atoms with Crippen LogP contribution in [0.15, 0.2) is 29.2 Å². The fraction of sp³-hybridized carbons (Fsp3) is 0.455. The van der Waals surface area contributed by atoms with E-state index in [9.17, 15) is 8.42 Å². The second-order valence-electron chi connectivity index (χ2n) is 4.14. The minimum absolute atomic E-state index is 0.117. The van der Waals surface area contributed by atoms with Gasteiger partial charge in [0.1, 0.15) is 0 Å². The maximum Gasteiger partial charge on any atom is 0.252 e. The Bertz CT molecular complexity index is 465. The molecule has 0 bridgehead atoms. The van der Waals surface area contributed by atoms with Gasteiger partial charge in [-0.1, -0.05) is 24.1 Å². The second kappa shape index (κ2) is 4.47. The molecule has 0 spiro atoms. The van der Waals surface area contributed by atoms with Crippen LogP contribution in [0.5, 0.6) is 0 Å². The fourth-order valence-electron chi connectivity index (χ4n) is 1.60. The topological polar surface area (TPSA) is 37.4 Å². The molecule has 88 valence electrons. The van der Waals surface area contributed by atoms with Crippen LogP contribution in [-0.2, 0) is 10.0 Å². The molecule has 1 aliphatic rings. The van der Waals surface area contributed by atoms with E-state index in [2.05, 4.69) is 16.1 Å². The molecule has 0 saturated heterocycles. The predicted molar refractivity (Wildman–Crippen MR) is 66.8 cm³/mol. The third-order valence-electron chi connectivity index (χ3n) is 2.91. The van der Waals surface area contributed by atoms with Gasteiger partial charge in [-0.05, 0) is 31.9 Å². The first-order valence-corrected chi connectivity index (χ1v) is 7.43. The molecule has 0 radical (unpaired) electrons. The Morgan fingerprint density at radius 3 is 2.25 bits per heavy atom. The zero-order valence-corrected chi connectivity index (χ0v) is 11.5. The van der Waals surface area contributed by atoms with Crippen molar-refractivity contribution in [2.24, 2.45) is 0 Å². The van der Waals surface area contributed by atoms with Crippen molar-refractivity contribution in [2.45, 2.75) is 37.1 Å². The van der Waals surface area contributed by atoms with Crippen molar-refractivity contribution in [3.05, 3.63) is 29.8 Å². The normalized spacial score (nSPS) is 17.4. The van der Waals surface area contributed by atoms with Gasteiger partial charge in [-0.2, -0.15) is 0 Å². The lowest BCUT2D eigenvalue weighted by molar-refractivity contribution is 0.316. The minimum atomic E-state index is -3.37. The molecule has 0 N–H and O–H groups in total. The summed E-state index contributed by atoms with van der Waals surface area (Å²) in [6.45, 7) is 1.94. The van der Waals surface area contributed by atoms with Crippen molar-refractivity contribution in [1.82, 2.24) is 3.33 Å². The highest BCUT2D eigenvalue weighted by atomic mass is 79.9. The highest BCUT2D eigenvalue weighted by molar-refractivity contribution is 9.08. The van der Waals surface area contributed by atoms with Crippen LogP contribution in [0.1, 0.15) is 24.8 Å². The quantitative estimate of drug-likeness (QED) is 0.805. The molecule has 0 unspecified atom stereocenters. The summed E-state index contributed by atoms with van der Waals surface area (Å²) in [6.07, 6.45) is 2.99. The van der Waals surface area contributed by atoms with Gasteiger partial charge >= 0.3 is 0 Å². The van der Waals surface area contributed by atoms with Crippen LogP contribution < -0.4 is 0 Å². The maximum absolute atomic E-state index is 12.2. The summed E-state index contributed by atoms with van der Waals surface area (Å²) in [6, 6.07) is 7.05. The number of nitrogens with zero attached hydrogens (tertiary/aromatic N) is 1. The molecule has 3 nitrogen and oxygen atoms in total. The minimum Gasteiger partial charge on any atom is -0.206 e. The van der Waals surface area contributed by atoms with Gasteiger partial charge in [0.25, 0.3) is 10.0 Å². The van der Waals surface area contributed by atoms with Gasteiger partial charge in [0.2, 0.25) is 0 Å². The van der Waals surface area contributed by atoms with Crippen LogP contribution in [0.25, 0.3) is 0 Å². The number of aryl methyl sites for hydroxylation is 1. The van der Waals surface area contributed by atoms with E-state index in [-0.39, 0.29) is 6.04 Å². The highest BCUT2D eigenvalue weighted by Gasteiger charge is 2.33. The zero-order chi connectivity index (χ0) is 11.8. The molecule has 1 saturated carbocycles. The Hall–Kier alpha value is -0.390. The standard InChI is InChI=1S/C11H14BrNO2S/c1-9-5-7-11(8-6-9)16(14,15)13(12)10-3-2-4-10/h5-8,10H,2-4H2,1H3. The molecule has 2 rings (SSSR count). The van der Waals surface area contributed by atoms with Crippen molar-refractivity contribution in [1.29, 1.82) is 0 Å². The first kappa shape index (κ1) is 12.1. The average molecular weight is 304 g/mol. The molecule has 0 amide bonds. The van der Waals surface area contributed by atoms with E-state index in [4.69, 9.17) is 0 Å². The van der Waals surface area contributed by atoms with Gasteiger partial charge in [0, 0.05) is 22.2 Å². The lowest BCUT2D eigenvalue weighted by Gasteiger charge is -2.31. The Labute approximate surface area is 105 Å². The Kier molecular flexibility index (Phi) is 3.37. The van der Waals surface area contributed by atoms with Gasteiger partial charge in [0.05, 0.1) is 4.90 Å². The molecule has 1 aromatic carbocycles. The number of hydrogen-bond acceptors (Lipinski definition) is 2. The summed E-state index contributed by atoms with van der Waals surface area (Å²) in [5, 5.41) is 0. The Morgan fingerprint density at radius 1 is 1.25 bits per heavy atom. The molecule has 0 heterocycles. The third kappa shape index (κ3) is 2.17. The van der Waals surface area contributed by atoms with Crippen LogP contribution in [-0.4, -0.2) is 17.8 Å². The van der Waals surface area contributed by atoms with Crippen LogP contribution in [0.3, 0.4) is 0 Å². The van der Waals surface area contributed by atoms with Crippen LogP contribution >= 0.6 is 16.1 Å². The summed E-state index contributed by atoms with van der Waals surface area (Å²) < 4.78 is 25.6. The molecular weight excluding hydrogens is 290 g/mol. The largest absolute Gasteiger partial charge is 0.252 e. The first-order valence-electron chi connectivity index (χ1n) is 5.29. The van der Waals surface area contributed by atoms with Crippen molar-refractivity contribution < 1.29 is 8.42 Å². The van der Waals surface area contributed by atoms with E-state index < -0.39 is 10.0 Å². The van der Waals surface area contributed by atoms with E-state index in [1.54, 1.807) is 12.1 Å². The smallest absolute Gasteiger partial charge is 0.206 e. The Balaban J connectivity index is 2.27. The van der Waals surface area contributed by atoms with Crippen molar-refractivity contribution in [3.63, 3.8) is 0 Å². The van der Waals surface area contributed by atoms with Crippen LogP contribution in [0, 0.1) is 6.92 Å². The van der Waals surface area contributed by atoms with Crippen molar-refractivity contribution >= 4 is 26.2 Å². The first-order chi connectivity index (χ1) is 7.51. The molecule has 1 fully saturated rings. The summed E-state index contributed by atoms with van der Waals surface area (Å²) in [5.74, 6) is 0. The monoisotopic (exact) mass is 303 g/mol. The van der Waals surface area contributed by atoms with Crippen LogP contribution in [0.4, 0.5) is 0 Å². The van der Waals surface area contributed by atoms with Gasteiger partial charge in [-0.15, -0.1) is 3.33 Å². The number of halogens is 1. The number of hydrogen-bond donors (Lipinski definition) is 0. The number of rotatable bonds is 3. The van der Waals surface area contributed by atoms with E-state index in [0.29, 0.717) is 4.90 Å². The lowest BCUT2D eigenvalue weighted by Crippen LogP contribution is -2.37. The number of benzene rings is 1. The molecule has 1 aromatic rings. The maximum atomic E-state index is 12.2. The third-order valence-corrected chi connectivity index (χ3v) is 6.26. The lowest BCUT2D eigenvalue weighted by atomic mass is 9.94. The Morgan fingerprint density at radius 2 is 1.81 bits per heavy atom. The van der Waals surface area contributed by atoms with Gasteiger partial charge < -0.3 is 0 Å². The summed E-state index contributed by atoms with van der Waals surface area (Å²) in [4.78, 5) is 0.349. The SMILES string of the molecule is Cc1ccc(S(=O)(=O)N(Br)C2CCC2)cc1. The summed E-state index contributed by atoms with van der Waals surface area (Å²) >= 11 is 3.18. The predicted octanol–water partition coefficient (Wildman–Crippen LogP) is 2.85. The summed E-state index contributed by atoms with van der Waals surface area (Å²) in [5.41, 5.74) is 1.06.